The summed E-state index contributed by atoms with van der Waals surface area (Å²) in [5.74, 6) is -1.92. The third-order valence-electron chi connectivity index (χ3n) is 5.87. The molecule has 1 saturated heterocycles. The van der Waals surface area contributed by atoms with E-state index >= 15 is 4.39 Å². The van der Waals surface area contributed by atoms with Crippen LogP contribution in [0.25, 0.3) is 0 Å². The lowest BCUT2D eigenvalue weighted by Gasteiger charge is -2.35. The molecule has 1 fully saturated rings. The van der Waals surface area contributed by atoms with E-state index in [1.165, 1.54) is 15.9 Å². The Hall–Kier alpha value is -3.23. The average Bonchev–Trinajstić information content (AvgIpc) is 3.04. The number of amides is 4. The molecule has 0 spiro atoms. The fourth-order valence-corrected chi connectivity index (χ4v) is 4.36. The average molecular weight is 443 g/mol. The third kappa shape index (κ3) is 3.99. The van der Waals surface area contributed by atoms with E-state index in [4.69, 9.17) is 4.74 Å². The highest BCUT2D eigenvalue weighted by molar-refractivity contribution is 6.05. The zero-order valence-electron chi connectivity index (χ0n) is 18.3. The lowest BCUT2D eigenvalue weighted by atomic mass is 9.95. The van der Waals surface area contributed by atoms with Gasteiger partial charge in [-0.3, -0.25) is 24.6 Å². The summed E-state index contributed by atoms with van der Waals surface area (Å²) in [7, 11) is 0. The topological polar surface area (TPSA) is 96.0 Å². The second-order valence-electron chi connectivity index (χ2n) is 9.25. The number of halogens is 1. The van der Waals surface area contributed by atoms with Crippen LogP contribution in [0.5, 0.6) is 0 Å². The highest BCUT2D eigenvalue weighted by Gasteiger charge is 2.41. The normalized spacial score (nSPS) is 23.3. The molecule has 0 bridgehead atoms. The number of hydrogen-bond donors (Lipinski definition) is 1. The van der Waals surface area contributed by atoms with Gasteiger partial charge < -0.3 is 9.64 Å². The van der Waals surface area contributed by atoms with E-state index in [1.807, 2.05) is 12.2 Å². The van der Waals surface area contributed by atoms with Gasteiger partial charge in [-0.1, -0.05) is 18.2 Å². The summed E-state index contributed by atoms with van der Waals surface area (Å²) >= 11 is 0. The van der Waals surface area contributed by atoms with Crippen LogP contribution in [0.2, 0.25) is 0 Å². The lowest BCUT2D eigenvalue weighted by molar-refractivity contribution is -0.136. The van der Waals surface area contributed by atoms with E-state index in [-0.39, 0.29) is 43.0 Å². The highest BCUT2D eigenvalue weighted by Crippen LogP contribution is 2.36. The number of nitrogens with one attached hydrogen (secondary N) is 1. The van der Waals surface area contributed by atoms with Gasteiger partial charge in [0.25, 0.3) is 5.91 Å². The number of hydrogen-bond acceptors (Lipinski definition) is 5. The number of imide groups is 1. The van der Waals surface area contributed by atoms with Crippen LogP contribution in [0, 0.1) is 5.82 Å². The number of rotatable bonds is 2. The van der Waals surface area contributed by atoms with Gasteiger partial charge >= 0.3 is 6.09 Å². The lowest BCUT2D eigenvalue weighted by Crippen LogP contribution is -2.52. The van der Waals surface area contributed by atoms with E-state index in [0.29, 0.717) is 12.0 Å². The quantitative estimate of drug-likeness (QED) is 0.560. The molecule has 0 aromatic heterocycles. The Bertz CT molecular complexity index is 1030. The first-order chi connectivity index (χ1) is 15.1. The summed E-state index contributed by atoms with van der Waals surface area (Å²) in [6, 6.07) is 1.70. The number of fused-ring (bicyclic) bond motifs is 1. The summed E-state index contributed by atoms with van der Waals surface area (Å²) in [4.78, 5) is 52.1. The molecule has 1 N–H and O–H groups in total. The molecule has 0 radical (unpaired) electrons. The standard InChI is InChI=1S/C23H26FN3O5/c1-23(2,3)32-22(31)26-11-5-4-6-16(26)14-8-7-13-15(19(14)24)12-27(21(13)30)17-9-10-18(28)25-20(17)29/h4-5,7-8,16-17H,6,9-12H2,1-3H3,(H,25,28,29). The first kappa shape index (κ1) is 22.0. The zero-order valence-corrected chi connectivity index (χ0v) is 18.3. The smallest absolute Gasteiger partial charge is 0.411 e. The van der Waals surface area contributed by atoms with Crippen LogP contribution in [0.3, 0.4) is 0 Å². The SMILES string of the molecule is CC(C)(C)OC(=O)N1CC=CCC1c1ccc2c(c1F)CN(C1CCC(=O)NC1=O)C2=O. The van der Waals surface area contributed by atoms with Gasteiger partial charge in [-0.15, -0.1) is 0 Å². The molecule has 32 heavy (non-hydrogen) atoms. The van der Waals surface area contributed by atoms with Crippen LogP contribution in [-0.4, -0.2) is 51.8 Å². The molecule has 2 unspecified atom stereocenters. The molecule has 0 aliphatic carbocycles. The van der Waals surface area contributed by atoms with Crippen molar-refractivity contribution in [3.05, 3.63) is 46.8 Å². The minimum absolute atomic E-state index is 0.0604. The summed E-state index contributed by atoms with van der Waals surface area (Å²) in [5, 5.41) is 2.24. The van der Waals surface area contributed by atoms with Gasteiger partial charge in [-0.2, -0.15) is 0 Å². The van der Waals surface area contributed by atoms with Gasteiger partial charge in [0.05, 0.1) is 12.6 Å². The van der Waals surface area contributed by atoms with E-state index < -0.39 is 41.4 Å². The predicted octanol–water partition coefficient (Wildman–Crippen LogP) is 2.82. The third-order valence-corrected chi connectivity index (χ3v) is 5.87. The predicted molar refractivity (Wildman–Crippen MR) is 112 cm³/mol. The van der Waals surface area contributed by atoms with Crippen molar-refractivity contribution in [3.63, 3.8) is 0 Å². The van der Waals surface area contributed by atoms with Crippen LogP contribution in [0.15, 0.2) is 24.3 Å². The van der Waals surface area contributed by atoms with Gasteiger partial charge in [0, 0.05) is 29.7 Å². The Labute approximate surface area is 185 Å². The number of nitrogens with zero attached hydrogens (tertiary/aromatic N) is 2. The molecule has 3 aliphatic heterocycles. The number of ether oxygens (including phenoxy) is 1. The Morgan fingerprint density at radius 1 is 1.16 bits per heavy atom. The van der Waals surface area contributed by atoms with Crippen molar-refractivity contribution in [2.45, 2.75) is 64.3 Å². The molecule has 4 rings (SSSR count). The van der Waals surface area contributed by atoms with E-state index in [2.05, 4.69) is 5.32 Å². The van der Waals surface area contributed by atoms with Crippen molar-refractivity contribution in [1.29, 1.82) is 0 Å². The fourth-order valence-electron chi connectivity index (χ4n) is 4.36. The second-order valence-corrected chi connectivity index (χ2v) is 9.25. The highest BCUT2D eigenvalue weighted by atomic mass is 19.1. The summed E-state index contributed by atoms with van der Waals surface area (Å²) in [5.41, 5.74) is 0.0209. The van der Waals surface area contributed by atoms with Gasteiger partial charge in [0.2, 0.25) is 11.8 Å². The first-order valence-corrected chi connectivity index (χ1v) is 10.7. The van der Waals surface area contributed by atoms with Crippen molar-refractivity contribution < 1.29 is 28.3 Å². The molecule has 170 valence electrons. The molecular formula is C23H26FN3O5. The molecule has 3 aliphatic rings. The maximum absolute atomic E-state index is 15.7. The van der Waals surface area contributed by atoms with Crippen LogP contribution in [0.4, 0.5) is 9.18 Å². The molecule has 2 atom stereocenters. The second kappa shape index (κ2) is 8.03. The van der Waals surface area contributed by atoms with E-state index in [1.54, 1.807) is 26.8 Å². The van der Waals surface area contributed by atoms with Crippen LogP contribution in [-0.2, 0) is 20.9 Å². The summed E-state index contributed by atoms with van der Waals surface area (Å²) in [6.45, 7) is 5.53. The van der Waals surface area contributed by atoms with Crippen LogP contribution >= 0.6 is 0 Å². The molecule has 1 aromatic carbocycles. The molecule has 8 nitrogen and oxygen atoms in total. The number of carbonyl (C=O) groups is 4. The number of piperidine rings is 1. The number of benzene rings is 1. The Morgan fingerprint density at radius 2 is 1.91 bits per heavy atom. The first-order valence-electron chi connectivity index (χ1n) is 10.7. The maximum Gasteiger partial charge on any atom is 0.411 e. The molecule has 9 heteroatoms. The van der Waals surface area contributed by atoms with Crippen molar-refractivity contribution in [2.75, 3.05) is 6.54 Å². The van der Waals surface area contributed by atoms with Gasteiger partial charge in [0.1, 0.15) is 17.5 Å². The van der Waals surface area contributed by atoms with E-state index in [0.717, 1.165) is 0 Å². The number of carbonyl (C=O) groups excluding carboxylic acids is 4. The summed E-state index contributed by atoms with van der Waals surface area (Å²) < 4.78 is 21.2. The largest absolute Gasteiger partial charge is 0.444 e. The molecule has 4 amide bonds. The minimum Gasteiger partial charge on any atom is -0.444 e. The molecule has 3 heterocycles. The Balaban J connectivity index is 1.62. The van der Waals surface area contributed by atoms with E-state index in [9.17, 15) is 19.2 Å². The molecule has 0 saturated carbocycles. The van der Waals surface area contributed by atoms with Gasteiger partial charge in [0.15, 0.2) is 0 Å². The van der Waals surface area contributed by atoms with Gasteiger partial charge in [-0.25, -0.2) is 9.18 Å². The van der Waals surface area contributed by atoms with Gasteiger partial charge in [-0.05, 0) is 39.7 Å². The van der Waals surface area contributed by atoms with Crippen molar-refractivity contribution in [2.24, 2.45) is 0 Å². The molecule has 1 aromatic rings. The summed E-state index contributed by atoms with van der Waals surface area (Å²) in [6.07, 6.45) is 3.94. The van der Waals surface area contributed by atoms with Crippen LogP contribution in [0.1, 0.15) is 67.6 Å². The minimum atomic E-state index is -0.814. The fraction of sp³-hybridized carbons (Fsp3) is 0.478. The monoisotopic (exact) mass is 443 g/mol. The zero-order chi connectivity index (χ0) is 23.2. The van der Waals surface area contributed by atoms with Crippen molar-refractivity contribution in [1.82, 2.24) is 15.1 Å². The van der Waals surface area contributed by atoms with Crippen molar-refractivity contribution >= 4 is 23.8 Å². The molecular weight excluding hydrogens is 417 g/mol. The Morgan fingerprint density at radius 3 is 2.59 bits per heavy atom. The van der Waals surface area contributed by atoms with Crippen LogP contribution < -0.4 is 5.32 Å². The maximum atomic E-state index is 15.7. The Kier molecular flexibility index (Phi) is 5.52. The van der Waals surface area contributed by atoms with Crippen molar-refractivity contribution in [3.8, 4) is 0 Å².